The first-order chi connectivity index (χ1) is 7.29. The molecule has 0 amide bonds. The molecule has 0 aliphatic carbocycles. The Morgan fingerprint density at radius 3 is 2.12 bits per heavy atom. The minimum atomic E-state index is 0.0948. The van der Waals surface area contributed by atoms with Crippen LogP contribution in [0.15, 0.2) is 18.2 Å². The first kappa shape index (κ1) is 13.8. The molecule has 1 unspecified atom stereocenters. The molecule has 0 fully saturated rings. The van der Waals surface area contributed by atoms with Crippen LogP contribution < -0.4 is 5.73 Å². The minimum Gasteiger partial charge on any atom is -0.327 e. The van der Waals surface area contributed by atoms with Gasteiger partial charge < -0.3 is 5.73 Å². The maximum absolute atomic E-state index is 6.11. The van der Waals surface area contributed by atoms with Crippen molar-refractivity contribution in [2.45, 2.75) is 39.7 Å². The average Bonchev–Trinajstić information content (AvgIpc) is 2.08. The molecule has 0 aliphatic rings. The van der Waals surface area contributed by atoms with Crippen LogP contribution in [-0.2, 0) is 6.42 Å². The lowest BCUT2D eigenvalue weighted by Gasteiger charge is -2.23. The van der Waals surface area contributed by atoms with Gasteiger partial charge in [0, 0.05) is 16.1 Å². The van der Waals surface area contributed by atoms with Crippen molar-refractivity contribution in [3.05, 3.63) is 33.8 Å². The molecule has 0 heterocycles. The van der Waals surface area contributed by atoms with Crippen LogP contribution in [0.4, 0.5) is 0 Å². The molecule has 1 atom stereocenters. The van der Waals surface area contributed by atoms with Gasteiger partial charge in [-0.3, -0.25) is 0 Å². The number of nitrogens with two attached hydrogens (primary N) is 1. The molecule has 1 nitrogen and oxygen atoms in total. The summed E-state index contributed by atoms with van der Waals surface area (Å²) in [7, 11) is 0. The predicted molar refractivity (Wildman–Crippen MR) is 72.2 cm³/mol. The summed E-state index contributed by atoms with van der Waals surface area (Å²) in [4.78, 5) is 0. The molecule has 0 aromatic heterocycles. The first-order valence-electron chi connectivity index (χ1n) is 5.48. The normalized spacial score (nSPS) is 13.9. The minimum absolute atomic E-state index is 0.0948. The van der Waals surface area contributed by atoms with Crippen molar-refractivity contribution in [3.8, 4) is 0 Å². The van der Waals surface area contributed by atoms with Gasteiger partial charge in [-0.1, -0.05) is 50.0 Å². The molecule has 2 N–H and O–H groups in total. The molecule has 0 spiro atoms. The summed E-state index contributed by atoms with van der Waals surface area (Å²) >= 11 is 12.2. The first-order valence-corrected chi connectivity index (χ1v) is 6.23. The Labute approximate surface area is 108 Å². The van der Waals surface area contributed by atoms with Gasteiger partial charge in [0.15, 0.2) is 0 Å². The van der Waals surface area contributed by atoms with Gasteiger partial charge in [-0.2, -0.15) is 0 Å². The zero-order chi connectivity index (χ0) is 12.3. The van der Waals surface area contributed by atoms with Crippen LogP contribution in [0.2, 0.25) is 10.0 Å². The molecule has 1 aromatic carbocycles. The van der Waals surface area contributed by atoms with Crippen LogP contribution in [0.25, 0.3) is 0 Å². The van der Waals surface area contributed by atoms with E-state index in [4.69, 9.17) is 28.9 Å². The monoisotopic (exact) mass is 259 g/mol. The summed E-state index contributed by atoms with van der Waals surface area (Å²) in [5, 5.41) is 1.41. The maximum Gasteiger partial charge on any atom is 0.0453 e. The Bertz CT molecular complexity index is 335. The molecule has 3 heteroatoms. The predicted octanol–water partition coefficient (Wildman–Crippen LogP) is 4.30. The average molecular weight is 260 g/mol. The molecule has 1 rings (SSSR count). The summed E-state index contributed by atoms with van der Waals surface area (Å²) < 4.78 is 0. The van der Waals surface area contributed by atoms with Gasteiger partial charge in [0.05, 0.1) is 0 Å². The van der Waals surface area contributed by atoms with Gasteiger partial charge in [0.25, 0.3) is 0 Å². The van der Waals surface area contributed by atoms with Crippen LogP contribution in [0, 0.1) is 5.41 Å². The lowest BCUT2D eigenvalue weighted by Crippen LogP contribution is -2.28. The van der Waals surface area contributed by atoms with E-state index in [0.717, 1.165) is 18.4 Å². The summed E-state index contributed by atoms with van der Waals surface area (Å²) in [5.41, 5.74) is 7.30. The van der Waals surface area contributed by atoms with Crippen molar-refractivity contribution < 1.29 is 0 Å². The zero-order valence-electron chi connectivity index (χ0n) is 10.1. The molecular weight excluding hydrogens is 241 g/mol. The highest BCUT2D eigenvalue weighted by Gasteiger charge is 2.17. The number of hydrogen-bond acceptors (Lipinski definition) is 1. The van der Waals surface area contributed by atoms with Gasteiger partial charge in [-0.25, -0.2) is 0 Å². The number of rotatable bonds is 3. The fourth-order valence-corrected chi connectivity index (χ4v) is 2.40. The molecule has 90 valence electrons. The van der Waals surface area contributed by atoms with E-state index in [2.05, 4.69) is 20.8 Å². The number of halogens is 2. The highest BCUT2D eigenvalue weighted by atomic mass is 35.5. The van der Waals surface area contributed by atoms with Gasteiger partial charge in [-0.15, -0.1) is 0 Å². The SMILES string of the molecule is CC(C)(C)CC(N)Cc1c(Cl)cccc1Cl. The Hall–Kier alpha value is -0.240. The van der Waals surface area contributed by atoms with Gasteiger partial charge in [0.2, 0.25) is 0 Å². The second-order valence-electron chi connectivity index (χ2n) is 5.43. The zero-order valence-corrected chi connectivity index (χ0v) is 11.6. The van der Waals surface area contributed by atoms with Crippen molar-refractivity contribution in [1.82, 2.24) is 0 Å². The maximum atomic E-state index is 6.11. The molecule has 0 aliphatic heterocycles. The van der Waals surface area contributed by atoms with E-state index in [1.165, 1.54) is 0 Å². The van der Waals surface area contributed by atoms with Crippen LogP contribution >= 0.6 is 23.2 Å². The number of hydrogen-bond donors (Lipinski definition) is 1. The van der Waals surface area contributed by atoms with Gasteiger partial charge >= 0.3 is 0 Å². The van der Waals surface area contributed by atoms with Crippen molar-refractivity contribution in [2.24, 2.45) is 11.1 Å². The van der Waals surface area contributed by atoms with Crippen molar-refractivity contribution >= 4 is 23.2 Å². The molecule has 0 saturated carbocycles. The van der Waals surface area contributed by atoms with E-state index >= 15 is 0 Å². The second kappa shape index (κ2) is 5.39. The third-order valence-corrected chi connectivity index (χ3v) is 3.11. The number of benzene rings is 1. The molecular formula is C13H19Cl2N. The molecule has 0 saturated heterocycles. The van der Waals surface area contributed by atoms with Crippen LogP contribution in [0.3, 0.4) is 0 Å². The summed E-state index contributed by atoms with van der Waals surface area (Å²) in [5.74, 6) is 0. The van der Waals surface area contributed by atoms with Crippen molar-refractivity contribution in [3.63, 3.8) is 0 Å². The van der Waals surface area contributed by atoms with E-state index < -0.39 is 0 Å². The van der Waals surface area contributed by atoms with Crippen LogP contribution in [0.5, 0.6) is 0 Å². The van der Waals surface area contributed by atoms with E-state index in [-0.39, 0.29) is 11.5 Å². The van der Waals surface area contributed by atoms with E-state index in [9.17, 15) is 0 Å². The lowest BCUT2D eigenvalue weighted by atomic mass is 9.86. The summed E-state index contributed by atoms with van der Waals surface area (Å²) in [6.07, 6.45) is 1.68. The molecule has 0 radical (unpaired) electrons. The van der Waals surface area contributed by atoms with Crippen LogP contribution in [0.1, 0.15) is 32.8 Å². The highest BCUT2D eigenvalue weighted by Crippen LogP contribution is 2.28. The van der Waals surface area contributed by atoms with E-state index in [0.29, 0.717) is 10.0 Å². The van der Waals surface area contributed by atoms with E-state index in [1.54, 1.807) is 0 Å². The topological polar surface area (TPSA) is 26.0 Å². The Kier molecular flexibility index (Phi) is 4.66. The molecule has 1 aromatic rings. The van der Waals surface area contributed by atoms with Crippen molar-refractivity contribution in [1.29, 1.82) is 0 Å². The Balaban J connectivity index is 2.73. The molecule has 16 heavy (non-hydrogen) atoms. The largest absolute Gasteiger partial charge is 0.327 e. The van der Waals surface area contributed by atoms with Gasteiger partial charge in [-0.05, 0) is 36.0 Å². The molecule has 0 bridgehead atoms. The van der Waals surface area contributed by atoms with Gasteiger partial charge in [0.1, 0.15) is 0 Å². The Morgan fingerprint density at radius 1 is 1.19 bits per heavy atom. The Morgan fingerprint density at radius 2 is 1.69 bits per heavy atom. The van der Waals surface area contributed by atoms with E-state index in [1.807, 2.05) is 18.2 Å². The fraction of sp³-hybridized carbons (Fsp3) is 0.538. The van der Waals surface area contributed by atoms with Crippen LogP contribution in [-0.4, -0.2) is 6.04 Å². The second-order valence-corrected chi connectivity index (χ2v) is 6.24. The lowest BCUT2D eigenvalue weighted by molar-refractivity contribution is 0.338. The smallest absolute Gasteiger partial charge is 0.0453 e. The third kappa shape index (κ3) is 4.32. The third-order valence-electron chi connectivity index (χ3n) is 2.40. The highest BCUT2D eigenvalue weighted by molar-refractivity contribution is 6.35. The fourth-order valence-electron chi connectivity index (χ4n) is 1.85. The van der Waals surface area contributed by atoms with Crippen molar-refractivity contribution in [2.75, 3.05) is 0 Å². The standard InChI is InChI=1S/C13H19Cl2N/c1-13(2,3)8-9(16)7-10-11(14)5-4-6-12(10)15/h4-6,9H,7-8,16H2,1-3H3. The summed E-state index contributed by atoms with van der Waals surface area (Å²) in [6, 6.07) is 5.65. The summed E-state index contributed by atoms with van der Waals surface area (Å²) in [6.45, 7) is 6.54. The quantitative estimate of drug-likeness (QED) is 0.861.